The van der Waals surface area contributed by atoms with Gasteiger partial charge in [0.05, 0.1) is 0 Å². The van der Waals surface area contributed by atoms with Crippen molar-refractivity contribution in [3.05, 3.63) is 0 Å². The number of primary amides is 2. The van der Waals surface area contributed by atoms with Gasteiger partial charge in [-0.1, -0.05) is 57.8 Å². The fraction of sp³-hybridized carbons (Fsp3) is 0.867. The topological polar surface area (TPSA) is 86.2 Å². The quantitative estimate of drug-likeness (QED) is 0.664. The van der Waals surface area contributed by atoms with E-state index in [1.165, 1.54) is 38.5 Å². The molecule has 0 atom stereocenters. The van der Waals surface area contributed by atoms with E-state index in [0.717, 1.165) is 32.1 Å². The van der Waals surface area contributed by atoms with Crippen LogP contribution in [0, 0.1) is 0 Å². The molecular formula is C15H30N2O2. The number of nitrogens with two attached hydrogens (primary N) is 2. The Morgan fingerprint density at radius 1 is 0.579 bits per heavy atom. The lowest BCUT2D eigenvalue weighted by Gasteiger charge is -2.05. The highest BCUT2D eigenvalue weighted by molar-refractivity contribution is 5.73. The lowest BCUT2D eigenvalue weighted by atomic mass is 10.0. The van der Waals surface area contributed by atoms with Crippen LogP contribution >= 0.6 is 0 Å². The van der Waals surface area contributed by atoms with E-state index in [0.29, 0.717) is 12.8 Å². The fourth-order valence-corrected chi connectivity index (χ4v) is 2.19. The second-order valence-electron chi connectivity index (χ2n) is 5.32. The summed E-state index contributed by atoms with van der Waals surface area (Å²) in [5, 5.41) is 0. The minimum atomic E-state index is -0.239. The molecule has 4 nitrogen and oxygen atoms in total. The van der Waals surface area contributed by atoms with Crippen molar-refractivity contribution < 1.29 is 9.59 Å². The van der Waals surface area contributed by atoms with E-state index in [2.05, 4.69) is 0 Å². The van der Waals surface area contributed by atoms with E-state index in [1.807, 2.05) is 0 Å². The number of hydrogen-bond donors (Lipinski definition) is 2. The summed E-state index contributed by atoms with van der Waals surface area (Å²) >= 11 is 0. The number of unbranched alkanes of at least 4 members (excludes halogenated alkanes) is 4. The summed E-state index contributed by atoms with van der Waals surface area (Å²) in [6.07, 6.45) is 14.7. The smallest absolute Gasteiger partial charge is 0.217 e. The maximum Gasteiger partial charge on any atom is 0.217 e. The molecule has 1 aliphatic carbocycles. The minimum absolute atomic E-state index is 0.239. The van der Waals surface area contributed by atoms with Gasteiger partial charge in [0.2, 0.25) is 11.8 Å². The van der Waals surface area contributed by atoms with Crippen LogP contribution in [0.4, 0.5) is 0 Å². The second-order valence-corrected chi connectivity index (χ2v) is 5.32. The summed E-state index contributed by atoms with van der Waals surface area (Å²) < 4.78 is 0. The van der Waals surface area contributed by atoms with Crippen LogP contribution in [0.25, 0.3) is 0 Å². The number of amides is 2. The molecule has 4 N–H and O–H groups in total. The van der Waals surface area contributed by atoms with Gasteiger partial charge in [-0.2, -0.15) is 0 Å². The van der Waals surface area contributed by atoms with Crippen molar-refractivity contribution in [2.45, 2.75) is 83.5 Å². The minimum Gasteiger partial charge on any atom is -0.370 e. The Morgan fingerprint density at radius 3 is 1.11 bits per heavy atom. The number of rotatable bonds is 8. The molecule has 0 heterocycles. The average Bonchev–Trinajstić information content (AvgIpc) is 2.40. The van der Waals surface area contributed by atoms with Gasteiger partial charge >= 0.3 is 0 Å². The molecule has 0 saturated heterocycles. The summed E-state index contributed by atoms with van der Waals surface area (Å²) in [4.78, 5) is 20.7. The van der Waals surface area contributed by atoms with Crippen molar-refractivity contribution in [2.24, 2.45) is 11.5 Å². The van der Waals surface area contributed by atoms with E-state index < -0.39 is 0 Å². The number of hydrogen-bond acceptors (Lipinski definition) is 2. The molecule has 1 rings (SSSR count). The van der Waals surface area contributed by atoms with Gasteiger partial charge in [-0.15, -0.1) is 0 Å². The molecule has 0 radical (unpaired) electrons. The third-order valence-corrected chi connectivity index (χ3v) is 3.35. The molecule has 2 amide bonds. The van der Waals surface area contributed by atoms with Gasteiger partial charge in [-0.05, 0) is 12.8 Å². The first-order valence-electron chi connectivity index (χ1n) is 7.69. The van der Waals surface area contributed by atoms with Crippen LogP contribution in [0.2, 0.25) is 0 Å². The summed E-state index contributed by atoms with van der Waals surface area (Å²) in [5.74, 6) is -0.478. The van der Waals surface area contributed by atoms with E-state index >= 15 is 0 Å². The molecule has 1 aliphatic rings. The average molecular weight is 270 g/mol. The molecule has 0 aromatic heterocycles. The van der Waals surface area contributed by atoms with Crippen molar-refractivity contribution in [3.63, 3.8) is 0 Å². The van der Waals surface area contributed by atoms with Gasteiger partial charge in [0.15, 0.2) is 0 Å². The Labute approximate surface area is 117 Å². The van der Waals surface area contributed by atoms with Crippen LogP contribution in [-0.4, -0.2) is 11.8 Å². The standard InChI is InChI=1S/C9H18N2O2.C6H12/c10-8(12)6-4-2-1-3-5-7-9(11)13;1-2-4-6-5-3-1/h1-7H2,(H2,10,12)(H2,11,13);1-6H2. The summed E-state index contributed by atoms with van der Waals surface area (Å²) in [6, 6.07) is 0. The van der Waals surface area contributed by atoms with Crippen LogP contribution in [-0.2, 0) is 9.59 Å². The van der Waals surface area contributed by atoms with Crippen LogP contribution in [0.3, 0.4) is 0 Å². The number of carbonyl (C=O) groups is 2. The SMILES string of the molecule is C1CCCCC1.NC(=O)CCCCCCCC(N)=O. The zero-order chi connectivity index (χ0) is 14.3. The Morgan fingerprint density at radius 2 is 0.842 bits per heavy atom. The van der Waals surface area contributed by atoms with Crippen molar-refractivity contribution in [1.82, 2.24) is 0 Å². The first-order chi connectivity index (χ1) is 9.13. The second kappa shape index (κ2) is 13.4. The van der Waals surface area contributed by atoms with Crippen LogP contribution in [0.1, 0.15) is 83.5 Å². The normalized spacial score (nSPS) is 14.3. The number of carbonyl (C=O) groups excluding carboxylic acids is 2. The van der Waals surface area contributed by atoms with E-state index in [4.69, 9.17) is 11.5 Å². The summed E-state index contributed by atoms with van der Waals surface area (Å²) in [6.45, 7) is 0. The first kappa shape index (κ1) is 17.9. The summed E-state index contributed by atoms with van der Waals surface area (Å²) in [5.41, 5.74) is 9.95. The zero-order valence-corrected chi connectivity index (χ0v) is 12.2. The van der Waals surface area contributed by atoms with Crippen molar-refractivity contribution >= 4 is 11.8 Å². The zero-order valence-electron chi connectivity index (χ0n) is 12.2. The van der Waals surface area contributed by atoms with E-state index in [9.17, 15) is 9.59 Å². The van der Waals surface area contributed by atoms with Crippen molar-refractivity contribution in [1.29, 1.82) is 0 Å². The Bertz CT molecular complexity index is 209. The predicted molar refractivity (Wildman–Crippen MR) is 78.4 cm³/mol. The van der Waals surface area contributed by atoms with E-state index in [-0.39, 0.29) is 11.8 Å². The van der Waals surface area contributed by atoms with Gasteiger partial charge in [0.25, 0.3) is 0 Å². The molecule has 0 aromatic rings. The third kappa shape index (κ3) is 16.9. The fourth-order valence-electron chi connectivity index (χ4n) is 2.19. The first-order valence-corrected chi connectivity index (χ1v) is 7.69. The monoisotopic (exact) mass is 270 g/mol. The highest BCUT2D eigenvalue weighted by Gasteiger charge is 1.96. The molecule has 1 saturated carbocycles. The molecule has 112 valence electrons. The van der Waals surface area contributed by atoms with Crippen molar-refractivity contribution in [3.8, 4) is 0 Å². The Balaban J connectivity index is 0.000000443. The highest BCUT2D eigenvalue weighted by Crippen LogP contribution is 2.15. The molecule has 0 spiro atoms. The van der Waals surface area contributed by atoms with Crippen LogP contribution < -0.4 is 11.5 Å². The Hall–Kier alpha value is -1.06. The van der Waals surface area contributed by atoms with Gasteiger partial charge in [-0.3, -0.25) is 9.59 Å². The molecule has 0 unspecified atom stereocenters. The third-order valence-electron chi connectivity index (χ3n) is 3.35. The van der Waals surface area contributed by atoms with Crippen molar-refractivity contribution in [2.75, 3.05) is 0 Å². The van der Waals surface area contributed by atoms with E-state index in [1.54, 1.807) is 0 Å². The molecule has 1 fully saturated rings. The predicted octanol–water partition coefficient (Wildman–Crippen LogP) is 3.03. The lowest BCUT2D eigenvalue weighted by Crippen LogP contribution is -2.10. The van der Waals surface area contributed by atoms with Gasteiger partial charge < -0.3 is 11.5 Å². The summed E-state index contributed by atoms with van der Waals surface area (Å²) in [7, 11) is 0. The highest BCUT2D eigenvalue weighted by atomic mass is 16.1. The van der Waals surface area contributed by atoms with Gasteiger partial charge in [-0.25, -0.2) is 0 Å². The molecule has 0 aliphatic heterocycles. The molecule has 0 aromatic carbocycles. The maximum absolute atomic E-state index is 10.3. The largest absolute Gasteiger partial charge is 0.370 e. The molecule has 0 bridgehead atoms. The van der Waals surface area contributed by atoms with Crippen LogP contribution in [0.5, 0.6) is 0 Å². The molecule has 4 heteroatoms. The molecule has 19 heavy (non-hydrogen) atoms. The van der Waals surface area contributed by atoms with Gasteiger partial charge in [0.1, 0.15) is 0 Å². The van der Waals surface area contributed by atoms with Gasteiger partial charge in [0, 0.05) is 12.8 Å². The Kier molecular flexibility index (Phi) is 12.6. The maximum atomic E-state index is 10.3. The molecular weight excluding hydrogens is 240 g/mol. The van der Waals surface area contributed by atoms with Crippen LogP contribution in [0.15, 0.2) is 0 Å². The lowest BCUT2D eigenvalue weighted by molar-refractivity contribution is -0.118.